The summed E-state index contributed by atoms with van der Waals surface area (Å²) in [5.41, 5.74) is 1.39. The minimum atomic E-state index is -0.387. The fourth-order valence-electron chi connectivity index (χ4n) is 2.24. The van der Waals surface area contributed by atoms with Crippen molar-refractivity contribution in [2.75, 3.05) is 17.2 Å². The number of rotatable bonds is 9. The van der Waals surface area contributed by atoms with Gasteiger partial charge in [-0.2, -0.15) is 0 Å². The Bertz CT molecular complexity index is 735. The molecule has 2 rings (SSSR count). The van der Waals surface area contributed by atoms with Crippen molar-refractivity contribution in [3.63, 3.8) is 0 Å². The Balaban J connectivity index is 1.73. The number of halogens is 1. The van der Waals surface area contributed by atoms with E-state index >= 15 is 0 Å². The van der Waals surface area contributed by atoms with Crippen LogP contribution in [0.15, 0.2) is 29.6 Å². The van der Waals surface area contributed by atoms with Gasteiger partial charge >= 0.3 is 6.03 Å². The molecule has 1 aromatic carbocycles. The van der Waals surface area contributed by atoms with Crippen LogP contribution in [-0.4, -0.2) is 23.5 Å². The second-order valence-corrected chi connectivity index (χ2v) is 7.09. The van der Waals surface area contributed by atoms with Crippen LogP contribution in [0.1, 0.15) is 38.3 Å². The minimum Gasteiger partial charge on any atom is -0.356 e. The summed E-state index contributed by atoms with van der Waals surface area (Å²) in [4.78, 5) is 28.1. The zero-order valence-electron chi connectivity index (χ0n) is 14.7. The van der Waals surface area contributed by atoms with Gasteiger partial charge in [0.15, 0.2) is 5.13 Å². The van der Waals surface area contributed by atoms with Gasteiger partial charge < -0.3 is 10.6 Å². The summed E-state index contributed by atoms with van der Waals surface area (Å²) in [7, 11) is 0. The van der Waals surface area contributed by atoms with Crippen molar-refractivity contribution < 1.29 is 9.59 Å². The average Bonchev–Trinajstić information content (AvgIpc) is 3.04. The van der Waals surface area contributed by atoms with Crippen LogP contribution in [0.25, 0.3) is 0 Å². The van der Waals surface area contributed by atoms with Gasteiger partial charge in [-0.05, 0) is 31.0 Å². The molecule has 0 saturated heterocycles. The maximum atomic E-state index is 12.0. The number of hydrogen-bond donors (Lipinski definition) is 3. The van der Waals surface area contributed by atoms with Crippen molar-refractivity contribution in [3.8, 4) is 0 Å². The lowest BCUT2D eigenvalue weighted by atomic mass is 10.2. The van der Waals surface area contributed by atoms with E-state index in [1.165, 1.54) is 11.3 Å². The number of carbonyl (C=O) groups is 2. The third-order valence-corrected chi connectivity index (χ3v) is 4.61. The first-order valence-electron chi connectivity index (χ1n) is 8.61. The molecule has 0 atom stereocenters. The van der Waals surface area contributed by atoms with Crippen LogP contribution in [0.3, 0.4) is 0 Å². The average molecular weight is 395 g/mol. The number of aryl methyl sites for hydroxylation is 1. The third-order valence-electron chi connectivity index (χ3n) is 3.57. The zero-order chi connectivity index (χ0) is 18.8. The van der Waals surface area contributed by atoms with E-state index < -0.39 is 0 Å². The molecular formula is C18H23ClN4O2S. The number of anilines is 2. The van der Waals surface area contributed by atoms with E-state index in [-0.39, 0.29) is 11.9 Å². The second-order valence-electron chi connectivity index (χ2n) is 5.79. The highest BCUT2D eigenvalue weighted by Gasteiger charge is 2.09. The molecule has 0 aliphatic carbocycles. The molecule has 0 aliphatic rings. The van der Waals surface area contributed by atoms with Gasteiger partial charge in [0, 0.05) is 29.1 Å². The van der Waals surface area contributed by atoms with Crippen LogP contribution in [0.5, 0.6) is 0 Å². The predicted octanol–water partition coefficient (Wildman–Crippen LogP) is 4.68. The zero-order valence-corrected chi connectivity index (χ0v) is 16.3. The molecule has 0 unspecified atom stereocenters. The van der Waals surface area contributed by atoms with E-state index in [1.54, 1.807) is 24.3 Å². The fourth-order valence-corrected chi connectivity index (χ4v) is 3.17. The second kappa shape index (κ2) is 10.8. The Morgan fingerprint density at radius 2 is 2.08 bits per heavy atom. The maximum Gasteiger partial charge on any atom is 0.325 e. The van der Waals surface area contributed by atoms with Gasteiger partial charge in [-0.25, -0.2) is 9.78 Å². The van der Waals surface area contributed by atoms with Gasteiger partial charge in [0.1, 0.15) is 0 Å². The highest BCUT2D eigenvalue weighted by atomic mass is 35.5. The van der Waals surface area contributed by atoms with E-state index in [9.17, 15) is 9.59 Å². The summed E-state index contributed by atoms with van der Waals surface area (Å²) < 4.78 is 0. The Labute approximate surface area is 162 Å². The molecule has 0 aliphatic heterocycles. The van der Waals surface area contributed by atoms with Crippen molar-refractivity contribution in [2.24, 2.45) is 0 Å². The van der Waals surface area contributed by atoms with E-state index in [0.717, 1.165) is 31.5 Å². The summed E-state index contributed by atoms with van der Waals surface area (Å²) in [5.74, 6) is 0.0299. The van der Waals surface area contributed by atoms with Gasteiger partial charge in [-0.3, -0.25) is 10.1 Å². The number of aromatic nitrogens is 1. The first-order chi connectivity index (χ1) is 12.6. The quantitative estimate of drug-likeness (QED) is 0.540. The van der Waals surface area contributed by atoms with Crippen LogP contribution in [0.4, 0.5) is 15.6 Å². The van der Waals surface area contributed by atoms with Crippen molar-refractivity contribution >= 4 is 45.7 Å². The van der Waals surface area contributed by atoms with Gasteiger partial charge in [0.2, 0.25) is 5.91 Å². The maximum absolute atomic E-state index is 12.0. The lowest BCUT2D eigenvalue weighted by Crippen LogP contribution is -2.24. The van der Waals surface area contributed by atoms with Crippen molar-refractivity contribution in [1.82, 2.24) is 10.3 Å². The van der Waals surface area contributed by atoms with Crippen LogP contribution >= 0.6 is 22.9 Å². The first kappa shape index (κ1) is 20.2. The van der Waals surface area contributed by atoms with E-state index in [4.69, 9.17) is 11.6 Å². The standard InChI is InChI=1S/C18H23ClN4O2S/c1-2-3-4-10-20-16(24)9-8-15-12-26-18(22-15)23-17(25)21-14-7-5-6-13(19)11-14/h5-7,11-12H,2-4,8-10H2,1H3,(H,20,24)(H2,21,22,23,25). The number of thiazole rings is 1. The number of amides is 3. The number of benzene rings is 1. The Kier molecular flexibility index (Phi) is 8.37. The lowest BCUT2D eigenvalue weighted by molar-refractivity contribution is -0.121. The van der Waals surface area contributed by atoms with E-state index in [1.807, 2.05) is 5.38 Å². The predicted molar refractivity (Wildman–Crippen MR) is 107 cm³/mol. The van der Waals surface area contributed by atoms with E-state index in [2.05, 4.69) is 27.9 Å². The molecule has 1 heterocycles. The van der Waals surface area contributed by atoms with Gasteiger partial charge in [0.25, 0.3) is 0 Å². The number of hydrogen-bond acceptors (Lipinski definition) is 4. The monoisotopic (exact) mass is 394 g/mol. The number of urea groups is 1. The minimum absolute atomic E-state index is 0.0299. The Morgan fingerprint density at radius 1 is 1.23 bits per heavy atom. The van der Waals surface area contributed by atoms with Crippen molar-refractivity contribution in [3.05, 3.63) is 40.4 Å². The van der Waals surface area contributed by atoms with Crippen molar-refractivity contribution in [2.45, 2.75) is 39.0 Å². The molecule has 0 fully saturated rings. The molecule has 0 radical (unpaired) electrons. The summed E-state index contributed by atoms with van der Waals surface area (Å²) >= 11 is 7.21. The first-order valence-corrected chi connectivity index (χ1v) is 9.87. The lowest BCUT2D eigenvalue weighted by Gasteiger charge is -2.05. The molecule has 0 bridgehead atoms. The Morgan fingerprint density at radius 3 is 2.85 bits per heavy atom. The van der Waals surface area contributed by atoms with Crippen LogP contribution in [0, 0.1) is 0 Å². The molecule has 26 heavy (non-hydrogen) atoms. The van der Waals surface area contributed by atoms with Crippen LogP contribution < -0.4 is 16.0 Å². The fraction of sp³-hybridized carbons (Fsp3) is 0.389. The van der Waals surface area contributed by atoms with E-state index in [0.29, 0.717) is 28.7 Å². The van der Waals surface area contributed by atoms with Gasteiger partial charge in [-0.15, -0.1) is 11.3 Å². The molecule has 0 spiro atoms. The number of nitrogens with zero attached hydrogens (tertiary/aromatic N) is 1. The molecule has 2 aromatic rings. The molecule has 140 valence electrons. The summed E-state index contributed by atoms with van der Waals surface area (Å²) in [6, 6.07) is 6.51. The van der Waals surface area contributed by atoms with Gasteiger partial charge in [-0.1, -0.05) is 37.4 Å². The van der Waals surface area contributed by atoms with Crippen LogP contribution in [-0.2, 0) is 11.2 Å². The smallest absolute Gasteiger partial charge is 0.325 e. The van der Waals surface area contributed by atoms with Gasteiger partial charge in [0.05, 0.1) is 5.69 Å². The molecule has 1 aromatic heterocycles. The summed E-state index contributed by atoms with van der Waals surface area (Å²) in [5, 5.41) is 11.2. The molecule has 3 amide bonds. The number of carbonyl (C=O) groups excluding carboxylic acids is 2. The molecule has 3 N–H and O–H groups in total. The Hall–Kier alpha value is -2.12. The number of nitrogens with one attached hydrogen (secondary N) is 3. The molecule has 8 heteroatoms. The normalized spacial score (nSPS) is 10.4. The summed E-state index contributed by atoms with van der Waals surface area (Å²) in [6.45, 7) is 2.85. The molecule has 0 saturated carbocycles. The SMILES string of the molecule is CCCCCNC(=O)CCc1csc(NC(=O)Nc2cccc(Cl)c2)n1. The third kappa shape index (κ3) is 7.41. The molecule has 6 nitrogen and oxygen atoms in total. The molecular weight excluding hydrogens is 372 g/mol. The summed E-state index contributed by atoms with van der Waals surface area (Å²) in [6.07, 6.45) is 4.21. The van der Waals surface area contributed by atoms with Crippen molar-refractivity contribution in [1.29, 1.82) is 0 Å². The largest absolute Gasteiger partial charge is 0.356 e. The van der Waals surface area contributed by atoms with Crippen LogP contribution in [0.2, 0.25) is 5.02 Å². The topological polar surface area (TPSA) is 83.1 Å². The highest BCUT2D eigenvalue weighted by Crippen LogP contribution is 2.18. The highest BCUT2D eigenvalue weighted by molar-refractivity contribution is 7.13. The number of unbranched alkanes of at least 4 members (excludes halogenated alkanes) is 2.